The predicted molar refractivity (Wildman–Crippen MR) is 130 cm³/mol. The number of benzene rings is 3. The fourth-order valence-electron chi connectivity index (χ4n) is 4.65. The molecule has 0 spiro atoms. The number of pyridine rings is 1. The summed E-state index contributed by atoms with van der Waals surface area (Å²) < 4.78 is 15.7. The molecule has 4 aromatic rings. The average molecular weight is 455 g/mol. The van der Waals surface area contributed by atoms with Gasteiger partial charge in [0.25, 0.3) is 0 Å². The summed E-state index contributed by atoms with van der Waals surface area (Å²) in [6, 6.07) is 24.7. The van der Waals surface area contributed by atoms with Crippen LogP contribution in [0.5, 0.6) is 0 Å². The summed E-state index contributed by atoms with van der Waals surface area (Å²) >= 11 is 5.58. The molecule has 4 nitrogen and oxygen atoms in total. The molecule has 2 heterocycles. The van der Waals surface area contributed by atoms with Gasteiger partial charge >= 0.3 is 0 Å². The van der Waals surface area contributed by atoms with Crippen molar-refractivity contribution in [2.45, 2.75) is 17.7 Å². The van der Waals surface area contributed by atoms with Gasteiger partial charge in [-0.1, -0.05) is 72.9 Å². The standard InChI is InChI=1S/C27H20FN3OS/c28-22-12-10-19(11-13-22)24-23(16-29)26(33)30-27(32,21-8-2-1-3-9-21)25(24)31-15-14-18-6-4-5-7-20(18)17-31/h1-15,17,24-25,29,32H/p+1/t24-,25+,27+/m0/s1. The Kier molecular flexibility index (Phi) is 5.35. The first-order chi connectivity index (χ1) is 16.0. The molecule has 1 aromatic heterocycles. The lowest BCUT2D eigenvalue weighted by atomic mass is 9.74. The number of halogens is 1. The fraction of sp³-hybridized carbons (Fsp3) is 0.111. The molecule has 162 valence electrons. The third-order valence-electron chi connectivity index (χ3n) is 6.21. The lowest BCUT2D eigenvalue weighted by Gasteiger charge is -2.43. The number of fused-ring (bicyclic) bond motifs is 1. The van der Waals surface area contributed by atoms with E-state index in [0.29, 0.717) is 11.1 Å². The highest BCUT2D eigenvalue weighted by Gasteiger charge is 2.56. The summed E-state index contributed by atoms with van der Waals surface area (Å²) in [5, 5.41) is 25.3. The van der Waals surface area contributed by atoms with Gasteiger partial charge in [0.2, 0.25) is 11.8 Å². The van der Waals surface area contributed by atoms with Crippen LogP contribution in [0.25, 0.3) is 10.8 Å². The molecule has 0 unspecified atom stereocenters. The molecule has 1 aliphatic rings. The predicted octanol–water partition coefficient (Wildman–Crippen LogP) is 4.54. The van der Waals surface area contributed by atoms with Gasteiger partial charge in [0.15, 0.2) is 12.4 Å². The molecule has 0 aliphatic carbocycles. The first kappa shape index (κ1) is 21.2. The van der Waals surface area contributed by atoms with Gasteiger partial charge in [0.1, 0.15) is 10.8 Å². The molecule has 0 saturated carbocycles. The van der Waals surface area contributed by atoms with E-state index in [2.05, 4.69) is 11.2 Å². The van der Waals surface area contributed by atoms with Crippen LogP contribution in [0.3, 0.4) is 0 Å². The summed E-state index contributed by atoms with van der Waals surface area (Å²) in [6.45, 7) is 0. The molecular formula is C27H21FN3OS+. The number of nitrogens with zero attached hydrogens (tertiary/aromatic N) is 1. The van der Waals surface area contributed by atoms with Crippen molar-refractivity contribution in [2.24, 2.45) is 0 Å². The average Bonchev–Trinajstić information content (AvgIpc) is 2.84. The van der Waals surface area contributed by atoms with Crippen molar-refractivity contribution >= 4 is 33.8 Å². The molecule has 0 bridgehead atoms. The Bertz CT molecular complexity index is 1400. The quantitative estimate of drug-likeness (QED) is 0.184. The summed E-state index contributed by atoms with van der Waals surface area (Å²) in [6.07, 6.45) is 3.89. The van der Waals surface area contributed by atoms with E-state index < -0.39 is 17.7 Å². The van der Waals surface area contributed by atoms with Crippen LogP contribution >= 0.6 is 12.2 Å². The van der Waals surface area contributed by atoms with Crippen molar-refractivity contribution in [1.82, 2.24) is 5.32 Å². The van der Waals surface area contributed by atoms with E-state index in [9.17, 15) is 9.50 Å². The van der Waals surface area contributed by atoms with Crippen molar-refractivity contribution < 1.29 is 14.1 Å². The first-order valence-corrected chi connectivity index (χ1v) is 11.0. The SMILES string of the molecule is N=C=C1C(=S)N[C@@](O)(c2ccccc2)[C@H]([n+]2ccc3ccccc3c2)[C@H]1c1ccc(F)cc1. The van der Waals surface area contributed by atoms with E-state index in [1.807, 2.05) is 77.6 Å². The van der Waals surface area contributed by atoms with Gasteiger partial charge in [-0.2, -0.15) is 4.57 Å². The van der Waals surface area contributed by atoms with Gasteiger partial charge in [-0.3, -0.25) is 5.41 Å². The summed E-state index contributed by atoms with van der Waals surface area (Å²) in [7, 11) is 0. The van der Waals surface area contributed by atoms with E-state index in [1.54, 1.807) is 12.1 Å². The van der Waals surface area contributed by atoms with Crippen LogP contribution in [0.1, 0.15) is 23.1 Å². The maximum atomic E-state index is 13.8. The van der Waals surface area contributed by atoms with Crippen LogP contribution in [0.4, 0.5) is 4.39 Å². The maximum absolute atomic E-state index is 13.8. The van der Waals surface area contributed by atoms with Crippen LogP contribution in [-0.4, -0.2) is 16.0 Å². The molecule has 6 heteroatoms. The fourth-order valence-corrected chi connectivity index (χ4v) is 4.99. The Balaban J connectivity index is 1.80. The van der Waals surface area contributed by atoms with Gasteiger partial charge in [-0.25, -0.2) is 4.39 Å². The number of piperidine rings is 1. The lowest BCUT2D eigenvalue weighted by Crippen LogP contribution is -2.65. The van der Waals surface area contributed by atoms with Crippen LogP contribution < -0.4 is 9.88 Å². The van der Waals surface area contributed by atoms with E-state index in [1.165, 1.54) is 12.1 Å². The molecule has 1 fully saturated rings. The van der Waals surface area contributed by atoms with Crippen LogP contribution in [-0.2, 0) is 5.72 Å². The highest BCUT2D eigenvalue weighted by molar-refractivity contribution is 7.80. The molecule has 5 rings (SSSR count). The van der Waals surface area contributed by atoms with Gasteiger partial charge in [-0.15, -0.1) is 0 Å². The van der Waals surface area contributed by atoms with Gasteiger partial charge in [0.05, 0.1) is 11.5 Å². The zero-order valence-electron chi connectivity index (χ0n) is 17.6. The number of hydrogen-bond acceptors (Lipinski definition) is 3. The lowest BCUT2D eigenvalue weighted by molar-refractivity contribution is -0.742. The molecule has 3 N–H and O–H groups in total. The molecule has 1 aliphatic heterocycles. The third kappa shape index (κ3) is 3.64. The normalized spacial score (nSPS) is 22.6. The molecule has 0 radical (unpaired) electrons. The van der Waals surface area contributed by atoms with Crippen molar-refractivity contribution in [1.29, 1.82) is 5.41 Å². The molecule has 3 atom stereocenters. The minimum atomic E-state index is -1.59. The largest absolute Gasteiger partial charge is 0.362 e. The highest BCUT2D eigenvalue weighted by Crippen LogP contribution is 2.45. The highest BCUT2D eigenvalue weighted by atomic mass is 32.1. The Labute approximate surface area is 196 Å². The Morgan fingerprint density at radius 2 is 1.61 bits per heavy atom. The summed E-state index contributed by atoms with van der Waals surface area (Å²) in [5.41, 5.74) is 0.206. The Morgan fingerprint density at radius 1 is 0.939 bits per heavy atom. The number of aliphatic hydroxyl groups is 1. The summed E-state index contributed by atoms with van der Waals surface area (Å²) in [5.74, 6) is 1.58. The Morgan fingerprint density at radius 3 is 2.30 bits per heavy atom. The van der Waals surface area contributed by atoms with Crippen LogP contribution in [0.15, 0.2) is 103 Å². The van der Waals surface area contributed by atoms with Crippen molar-refractivity contribution in [3.05, 3.63) is 120 Å². The second-order valence-electron chi connectivity index (χ2n) is 8.12. The third-order valence-corrected chi connectivity index (χ3v) is 6.53. The van der Waals surface area contributed by atoms with E-state index in [-0.39, 0.29) is 10.8 Å². The number of thiocarbonyl (C=S) groups is 1. The van der Waals surface area contributed by atoms with E-state index in [4.69, 9.17) is 17.6 Å². The van der Waals surface area contributed by atoms with E-state index >= 15 is 0 Å². The second-order valence-corrected chi connectivity index (χ2v) is 8.53. The smallest absolute Gasteiger partial charge is 0.227 e. The minimum absolute atomic E-state index is 0.239. The summed E-state index contributed by atoms with van der Waals surface area (Å²) in [4.78, 5) is 0.239. The van der Waals surface area contributed by atoms with Crippen LogP contribution in [0.2, 0.25) is 0 Å². The molecule has 0 amide bonds. The monoisotopic (exact) mass is 454 g/mol. The van der Waals surface area contributed by atoms with Crippen LogP contribution in [0, 0.1) is 11.2 Å². The Hall–Kier alpha value is -3.70. The van der Waals surface area contributed by atoms with Crippen molar-refractivity contribution in [3.8, 4) is 0 Å². The first-order valence-electron chi connectivity index (χ1n) is 10.6. The zero-order valence-corrected chi connectivity index (χ0v) is 18.4. The van der Waals surface area contributed by atoms with Gasteiger partial charge in [0, 0.05) is 17.0 Å². The minimum Gasteiger partial charge on any atom is -0.362 e. The number of rotatable bonds is 3. The van der Waals surface area contributed by atoms with Crippen molar-refractivity contribution in [2.75, 3.05) is 0 Å². The maximum Gasteiger partial charge on any atom is 0.227 e. The number of nitrogens with one attached hydrogen (secondary N) is 2. The van der Waals surface area contributed by atoms with Crippen molar-refractivity contribution in [3.63, 3.8) is 0 Å². The number of aromatic nitrogens is 1. The number of hydrogen-bond donors (Lipinski definition) is 3. The van der Waals surface area contributed by atoms with E-state index in [0.717, 1.165) is 16.3 Å². The van der Waals surface area contributed by atoms with Gasteiger partial charge in [-0.05, 0) is 35.0 Å². The second kappa shape index (κ2) is 8.34. The molecule has 1 saturated heterocycles. The zero-order chi connectivity index (χ0) is 23.0. The molecule has 33 heavy (non-hydrogen) atoms. The molecular weight excluding hydrogens is 433 g/mol. The topological polar surface area (TPSA) is 60.0 Å². The molecule has 3 aromatic carbocycles. The van der Waals surface area contributed by atoms with Gasteiger partial charge < -0.3 is 10.4 Å².